The molecular formula is C24H28Cl2N6O2. The Labute approximate surface area is 209 Å². The Balaban J connectivity index is 2.20. The van der Waals surface area contributed by atoms with E-state index in [4.69, 9.17) is 42.6 Å². The zero-order valence-corrected chi connectivity index (χ0v) is 21.4. The first kappa shape index (κ1) is 25.6. The summed E-state index contributed by atoms with van der Waals surface area (Å²) in [5.41, 5.74) is 3.18. The lowest BCUT2D eigenvalue weighted by atomic mass is 10.2. The molecule has 2 heterocycles. The predicted molar refractivity (Wildman–Crippen MR) is 140 cm³/mol. The number of methoxy groups -OCH3 is 2. The van der Waals surface area contributed by atoms with Crippen molar-refractivity contribution in [3.63, 3.8) is 0 Å². The maximum absolute atomic E-state index is 6.71. The van der Waals surface area contributed by atoms with Crippen molar-refractivity contribution in [2.24, 2.45) is 0 Å². The highest BCUT2D eigenvalue weighted by Gasteiger charge is 2.24. The van der Waals surface area contributed by atoms with Crippen LogP contribution in [0.3, 0.4) is 0 Å². The van der Waals surface area contributed by atoms with Crippen molar-refractivity contribution in [1.29, 1.82) is 0 Å². The zero-order chi connectivity index (χ0) is 24.8. The number of anilines is 2. The van der Waals surface area contributed by atoms with Gasteiger partial charge in [-0.15, -0.1) is 0 Å². The Morgan fingerprint density at radius 2 is 1.79 bits per heavy atom. The number of hydrogen-bond acceptors (Lipinski definition) is 8. The van der Waals surface area contributed by atoms with Gasteiger partial charge in [-0.1, -0.05) is 35.9 Å². The maximum atomic E-state index is 6.71. The second-order valence-corrected chi connectivity index (χ2v) is 8.29. The first-order valence-electron chi connectivity index (χ1n) is 10.5. The van der Waals surface area contributed by atoms with Crippen LogP contribution >= 0.6 is 23.2 Å². The molecule has 0 amide bonds. The summed E-state index contributed by atoms with van der Waals surface area (Å²) in [6.45, 7) is 5.06. The molecule has 0 aliphatic heterocycles. The van der Waals surface area contributed by atoms with Crippen LogP contribution < -0.4 is 19.7 Å². The Morgan fingerprint density at radius 1 is 1.12 bits per heavy atom. The summed E-state index contributed by atoms with van der Waals surface area (Å²) in [5, 5.41) is 3.86. The molecule has 0 saturated heterocycles. The Kier molecular flexibility index (Phi) is 8.55. The Morgan fingerprint density at radius 3 is 2.35 bits per heavy atom. The van der Waals surface area contributed by atoms with Crippen LogP contribution in [-0.2, 0) is 0 Å². The van der Waals surface area contributed by atoms with Crippen LogP contribution in [0, 0.1) is 0 Å². The third-order valence-corrected chi connectivity index (χ3v) is 5.72. The molecule has 1 N–H and O–H groups in total. The number of ether oxygens (including phenoxy) is 2. The molecule has 10 heteroatoms. The minimum absolute atomic E-state index is 0.356. The van der Waals surface area contributed by atoms with Gasteiger partial charge in [-0.05, 0) is 19.2 Å². The van der Waals surface area contributed by atoms with Crippen molar-refractivity contribution in [2.45, 2.75) is 0 Å². The van der Waals surface area contributed by atoms with E-state index in [-0.39, 0.29) is 0 Å². The number of aromatic nitrogens is 3. The molecule has 0 aliphatic carbocycles. The summed E-state index contributed by atoms with van der Waals surface area (Å²) in [7, 11) is 8.82. The minimum Gasteiger partial charge on any atom is -0.495 e. The van der Waals surface area contributed by atoms with Gasteiger partial charge in [0.25, 0.3) is 0 Å². The van der Waals surface area contributed by atoms with Gasteiger partial charge in [0, 0.05) is 45.0 Å². The number of benzene rings is 1. The van der Waals surface area contributed by atoms with Crippen molar-refractivity contribution >= 4 is 51.4 Å². The normalized spacial score (nSPS) is 11.4. The molecule has 34 heavy (non-hydrogen) atoms. The van der Waals surface area contributed by atoms with Crippen LogP contribution in [0.4, 0.5) is 11.5 Å². The molecule has 0 bridgehead atoms. The molecule has 0 spiro atoms. The lowest BCUT2D eigenvalue weighted by Crippen LogP contribution is -2.28. The summed E-state index contributed by atoms with van der Waals surface area (Å²) < 4.78 is 10.9. The highest BCUT2D eigenvalue weighted by atomic mass is 35.5. The molecule has 2 aromatic heterocycles. The van der Waals surface area contributed by atoms with Crippen molar-refractivity contribution < 1.29 is 9.47 Å². The Bertz CT molecular complexity index is 1190. The van der Waals surface area contributed by atoms with Crippen LogP contribution in [-0.4, -0.2) is 68.3 Å². The molecule has 0 saturated carbocycles. The number of rotatable bonds is 10. The van der Waals surface area contributed by atoms with Crippen molar-refractivity contribution in [1.82, 2.24) is 25.2 Å². The number of fused-ring (bicyclic) bond motifs is 1. The van der Waals surface area contributed by atoms with Crippen LogP contribution in [0.5, 0.6) is 11.5 Å². The quantitative estimate of drug-likeness (QED) is 0.396. The number of pyridine rings is 1. The molecule has 0 fully saturated rings. The third kappa shape index (κ3) is 5.35. The SMILES string of the molecule is C=C/C(=C\N(C)C)c1cnc2ccc(N(CCNC)c3c(Cl)c(OC)cc(OC)c3Cl)nc2n1. The standard InChI is InChI=1S/C24H28Cl2N6O2/c1-7-15(14-31(3)4)17-13-28-16-8-9-20(30-24(16)29-17)32(11-10-27-2)23-21(25)18(33-5)12-19(34-6)22(23)26/h7-9,12-14,27H,1,10-11H2,2-6H3/b15-14+. The van der Waals surface area contributed by atoms with E-state index in [9.17, 15) is 0 Å². The first-order valence-corrected chi connectivity index (χ1v) is 11.3. The summed E-state index contributed by atoms with van der Waals surface area (Å²) in [6.07, 6.45) is 5.37. The Hall–Kier alpha value is -3.07. The van der Waals surface area contributed by atoms with Crippen molar-refractivity contribution in [3.8, 4) is 11.5 Å². The molecule has 3 rings (SSSR count). The van der Waals surface area contributed by atoms with E-state index in [1.807, 2.05) is 49.3 Å². The average Bonchev–Trinajstić information content (AvgIpc) is 2.84. The van der Waals surface area contributed by atoms with Gasteiger partial charge in [0.2, 0.25) is 0 Å². The molecule has 180 valence electrons. The molecule has 0 unspecified atom stereocenters. The van der Waals surface area contributed by atoms with Gasteiger partial charge in [-0.25, -0.2) is 9.97 Å². The highest BCUT2D eigenvalue weighted by Crippen LogP contribution is 2.47. The number of nitrogens with zero attached hydrogens (tertiary/aromatic N) is 5. The van der Waals surface area contributed by atoms with Crippen LogP contribution in [0.25, 0.3) is 16.7 Å². The molecule has 0 atom stereocenters. The van der Waals surface area contributed by atoms with Crippen LogP contribution in [0.15, 0.2) is 43.3 Å². The van der Waals surface area contributed by atoms with Crippen LogP contribution in [0.2, 0.25) is 10.0 Å². The van der Waals surface area contributed by atoms with E-state index in [2.05, 4.69) is 16.9 Å². The predicted octanol–water partition coefficient (Wildman–Crippen LogP) is 4.79. The van der Waals surface area contributed by atoms with Crippen molar-refractivity contribution in [3.05, 3.63) is 59.0 Å². The number of hydrogen-bond donors (Lipinski definition) is 1. The van der Waals surface area contributed by atoms with Gasteiger partial charge in [0.15, 0.2) is 5.65 Å². The largest absolute Gasteiger partial charge is 0.495 e. The van der Waals surface area contributed by atoms with E-state index in [1.165, 1.54) is 0 Å². The first-order chi connectivity index (χ1) is 16.3. The van der Waals surface area contributed by atoms with Gasteiger partial charge >= 0.3 is 0 Å². The molecule has 1 aromatic carbocycles. The lowest BCUT2D eigenvalue weighted by Gasteiger charge is -2.27. The molecule has 3 aromatic rings. The third-order valence-electron chi connectivity index (χ3n) is 4.99. The summed E-state index contributed by atoms with van der Waals surface area (Å²) in [4.78, 5) is 17.9. The fourth-order valence-electron chi connectivity index (χ4n) is 3.35. The second kappa shape index (κ2) is 11.4. The topological polar surface area (TPSA) is 75.6 Å². The summed E-state index contributed by atoms with van der Waals surface area (Å²) in [6, 6.07) is 5.38. The molecule has 0 aliphatic rings. The van der Waals surface area contributed by atoms with Gasteiger partial charge in [-0.3, -0.25) is 4.98 Å². The van der Waals surface area contributed by atoms with Gasteiger partial charge in [0.05, 0.1) is 31.8 Å². The molecular weight excluding hydrogens is 475 g/mol. The van der Waals surface area contributed by atoms with Gasteiger partial charge in [0.1, 0.15) is 32.9 Å². The van der Waals surface area contributed by atoms with Crippen molar-refractivity contribution in [2.75, 3.05) is 53.4 Å². The number of allylic oxidation sites excluding steroid dienone is 2. The zero-order valence-electron chi connectivity index (χ0n) is 19.9. The molecule has 8 nitrogen and oxygen atoms in total. The van der Waals surface area contributed by atoms with E-state index in [0.717, 1.165) is 5.57 Å². The summed E-state index contributed by atoms with van der Waals surface area (Å²) >= 11 is 13.4. The second-order valence-electron chi connectivity index (χ2n) is 7.53. The fourth-order valence-corrected chi connectivity index (χ4v) is 4.06. The fraction of sp³-hybridized carbons (Fsp3) is 0.292. The minimum atomic E-state index is 0.356. The number of likely N-dealkylation sites (N-methyl/N-ethyl adjacent to an activating group) is 1. The monoisotopic (exact) mass is 502 g/mol. The van der Waals surface area contributed by atoms with Gasteiger partial charge in [-0.2, -0.15) is 0 Å². The maximum Gasteiger partial charge on any atom is 0.180 e. The highest BCUT2D eigenvalue weighted by molar-refractivity contribution is 6.41. The average molecular weight is 503 g/mol. The van der Waals surface area contributed by atoms with Gasteiger partial charge < -0.3 is 24.6 Å². The van der Waals surface area contributed by atoms with E-state index in [1.54, 1.807) is 32.6 Å². The number of nitrogens with one attached hydrogen (secondary N) is 1. The van der Waals surface area contributed by atoms with E-state index < -0.39 is 0 Å². The molecule has 0 radical (unpaired) electrons. The van der Waals surface area contributed by atoms with Crippen LogP contribution in [0.1, 0.15) is 5.69 Å². The summed E-state index contributed by atoms with van der Waals surface area (Å²) in [5.74, 6) is 1.49. The van der Waals surface area contributed by atoms with E-state index in [0.29, 0.717) is 63.0 Å². The smallest absolute Gasteiger partial charge is 0.180 e. The number of halogens is 2. The van der Waals surface area contributed by atoms with E-state index >= 15 is 0 Å². The lowest BCUT2D eigenvalue weighted by molar-refractivity contribution is 0.395.